The van der Waals surface area contributed by atoms with Gasteiger partial charge in [-0.15, -0.1) is 0 Å². The van der Waals surface area contributed by atoms with E-state index in [-0.39, 0.29) is 22.7 Å². The zero-order valence-corrected chi connectivity index (χ0v) is 25.7. The number of nitrogens with zero attached hydrogens (tertiary/aromatic N) is 4. The summed E-state index contributed by atoms with van der Waals surface area (Å²) in [7, 11) is 0. The summed E-state index contributed by atoms with van der Waals surface area (Å²) in [6, 6.07) is 23.3. The number of halogens is 1. The van der Waals surface area contributed by atoms with E-state index in [1.165, 1.54) is 30.5 Å². The molecule has 2 bridgehead atoms. The fourth-order valence-corrected chi connectivity index (χ4v) is 8.47. The van der Waals surface area contributed by atoms with Crippen LogP contribution in [0.15, 0.2) is 72.8 Å². The van der Waals surface area contributed by atoms with Crippen molar-refractivity contribution in [2.75, 3.05) is 19.6 Å². The second-order valence-electron chi connectivity index (χ2n) is 13.1. The molecule has 0 aliphatic carbocycles. The maximum absolute atomic E-state index is 14.6. The summed E-state index contributed by atoms with van der Waals surface area (Å²) >= 11 is 0. The average Bonchev–Trinajstić information content (AvgIpc) is 3.53. The number of para-hydroxylation sites is 2. The van der Waals surface area contributed by atoms with Gasteiger partial charge in [-0.3, -0.25) is 19.7 Å². The number of fused-ring (bicyclic) bond motifs is 3. The molecule has 0 unspecified atom stereocenters. The first kappa shape index (κ1) is 29.6. The van der Waals surface area contributed by atoms with Crippen LogP contribution in [0.5, 0.6) is 0 Å². The summed E-state index contributed by atoms with van der Waals surface area (Å²) in [5, 5.41) is 9.01. The molecule has 4 heterocycles. The van der Waals surface area contributed by atoms with Crippen LogP contribution < -0.4 is 5.48 Å². The molecule has 45 heavy (non-hydrogen) atoms. The second kappa shape index (κ2) is 12.0. The Hall–Kier alpha value is -4.08. The van der Waals surface area contributed by atoms with Crippen LogP contribution in [0.1, 0.15) is 83.1 Å². The molecule has 3 saturated heterocycles. The number of carbonyl (C=O) groups excluding carboxylic acids is 2. The van der Waals surface area contributed by atoms with E-state index in [9.17, 15) is 14.0 Å². The van der Waals surface area contributed by atoms with Crippen LogP contribution in [0.4, 0.5) is 4.39 Å². The lowest BCUT2D eigenvalue weighted by molar-refractivity contribution is 0.0606. The average molecular weight is 610 g/mol. The van der Waals surface area contributed by atoms with Crippen LogP contribution in [-0.2, 0) is 5.41 Å². The second-order valence-corrected chi connectivity index (χ2v) is 13.1. The highest BCUT2D eigenvalue weighted by Gasteiger charge is 2.44. The standard InChI is InChI=1S/C36H40FN5O3/c1-24-38-32-10-2-3-11-33(32)42(24)31-22-29-12-13-30(23-31)41(29)19-16-36(27-8-5-9-28(37)21-27)14-17-40(18-15-36)35(44)26-7-4-6-25(20-26)34(43)39-45/h2-11,20-21,29-31,45H,12-19,22-23H2,1H3,(H,39,43)/t29-,30+,31+. The van der Waals surface area contributed by atoms with Gasteiger partial charge in [0.2, 0.25) is 0 Å². The third kappa shape index (κ3) is 5.53. The van der Waals surface area contributed by atoms with E-state index in [2.05, 4.69) is 40.7 Å². The number of rotatable bonds is 7. The van der Waals surface area contributed by atoms with Crippen molar-refractivity contribution in [1.29, 1.82) is 0 Å². The van der Waals surface area contributed by atoms with Crippen LogP contribution in [0.2, 0.25) is 0 Å². The molecule has 3 aliphatic heterocycles. The number of likely N-dealkylation sites (tertiary alicyclic amines) is 1. The van der Waals surface area contributed by atoms with E-state index in [1.807, 2.05) is 11.0 Å². The lowest BCUT2D eigenvalue weighted by atomic mass is 9.70. The number of benzene rings is 3. The highest BCUT2D eigenvalue weighted by molar-refractivity contribution is 5.99. The number of hydrogen-bond acceptors (Lipinski definition) is 5. The number of nitrogens with one attached hydrogen (secondary N) is 1. The number of carbonyl (C=O) groups is 2. The molecule has 7 rings (SSSR count). The summed E-state index contributed by atoms with van der Waals surface area (Å²) in [5.74, 6) is 0.0646. The molecule has 0 saturated carbocycles. The molecule has 0 spiro atoms. The molecule has 3 aromatic carbocycles. The third-order valence-electron chi connectivity index (χ3n) is 10.8. The Morgan fingerprint density at radius 1 is 0.933 bits per heavy atom. The van der Waals surface area contributed by atoms with Crippen molar-refractivity contribution in [3.8, 4) is 0 Å². The first-order chi connectivity index (χ1) is 21.8. The Kier molecular flexibility index (Phi) is 7.91. The topological polar surface area (TPSA) is 90.7 Å². The van der Waals surface area contributed by atoms with Crippen LogP contribution in [0.25, 0.3) is 11.0 Å². The largest absolute Gasteiger partial charge is 0.339 e. The predicted octanol–water partition coefficient (Wildman–Crippen LogP) is 6.04. The minimum absolute atomic E-state index is 0.141. The lowest BCUT2D eigenvalue weighted by Gasteiger charge is -2.45. The number of piperidine rings is 2. The number of hydroxylamine groups is 1. The molecule has 2 amide bonds. The SMILES string of the molecule is Cc1nc2ccccc2n1[C@H]1C[C@H]2CC[C@@H](C1)N2CCC1(c2cccc(F)c2)CCN(C(=O)c2cccc(C(=O)NO)c2)CC1. The molecule has 2 N–H and O–H groups in total. The molecule has 0 radical (unpaired) electrons. The van der Waals surface area contributed by atoms with Crippen LogP contribution in [0.3, 0.4) is 0 Å². The van der Waals surface area contributed by atoms with E-state index in [4.69, 9.17) is 10.2 Å². The van der Waals surface area contributed by atoms with E-state index in [0.717, 1.165) is 55.6 Å². The molecular formula is C36H40FN5O3. The number of aromatic nitrogens is 2. The normalized spacial score (nSPS) is 22.9. The molecule has 3 fully saturated rings. The van der Waals surface area contributed by atoms with Crippen LogP contribution >= 0.6 is 0 Å². The molecule has 9 heteroatoms. The number of aryl methyl sites for hydroxylation is 1. The van der Waals surface area contributed by atoms with Crippen molar-refractivity contribution in [3.05, 3.63) is 101 Å². The van der Waals surface area contributed by atoms with Gasteiger partial charge in [-0.05, 0) is 112 Å². The number of hydrogen-bond donors (Lipinski definition) is 2. The van der Waals surface area contributed by atoms with Gasteiger partial charge in [-0.1, -0.05) is 30.3 Å². The van der Waals surface area contributed by atoms with E-state index in [1.54, 1.807) is 35.8 Å². The van der Waals surface area contributed by atoms with Gasteiger partial charge in [-0.25, -0.2) is 14.9 Å². The molecule has 4 aromatic rings. The quantitative estimate of drug-likeness (QED) is 0.197. The maximum Gasteiger partial charge on any atom is 0.274 e. The first-order valence-electron chi connectivity index (χ1n) is 16.1. The van der Waals surface area contributed by atoms with E-state index in [0.29, 0.717) is 36.8 Å². The molecule has 3 aliphatic rings. The first-order valence-corrected chi connectivity index (χ1v) is 16.1. The Bertz CT molecular complexity index is 1710. The van der Waals surface area contributed by atoms with Gasteiger partial charge < -0.3 is 9.47 Å². The fourth-order valence-electron chi connectivity index (χ4n) is 8.47. The Balaban J connectivity index is 1.07. The van der Waals surface area contributed by atoms with Crippen molar-refractivity contribution < 1.29 is 19.2 Å². The van der Waals surface area contributed by atoms with Gasteiger partial charge in [0.15, 0.2) is 0 Å². The Morgan fingerprint density at radius 2 is 1.64 bits per heavy atom. The summed E-state index contributed by atoms with van der Waals surface area (Å²) in [6.45, 7) is 4.17. The highest BCUT2D eigenvalue weighted by Crippen LogP contribution is 2.45. The van der Waals surface area contributed by atoms with Crippen molar-refractivity contribution in [2.24, 2.45) is 0 Å². The van der Waals surface area contributed by atoms with E-state index < -0.39 is 5.91 Å². The van der Waals surface area contributed by atoms with Gasteiger partial charge in [0.05, 0.1) is 11.0 Å². The van der Waals surface area contributed by atoms with Gasteiger partial charge in [0.25, 0.3) is 11.8 Å². The maximum atomic E-state index is 14.6. The van der Waals surface area contributed by atoms with E-state index >= 15 is 0 Å². The third-order valence-corrected chi connectivity index (χ3v) is 10.8. The zero-order valence-electron chi connectivity index (χ0n) is 25.7. The molecule has 234 valence electrons. The molecule has 3 atom stereocenters. The predicted molar refractivity (Wildman–Crippen MR) is 170 cm³/mol. The van der Waals surface area contributed by atoms with Crippen molar-refractivity contribution in [2.45, 2.75) is 75.4 Å². The summed E-state index contributed by atoms with van der Waals surface area (Å²) in [5.41, 5.74) is 5.34. The van der Waals surface area contributed by atoms with Gasteiger partial charge in [0.1, 0.15) is 11.6 Å². The van der Waals surface area contributed by atoms with Gasteiger partial charge in [-0.2, -0.15) is 0 Å². The molecule has 1 aromatic heterocycles. The number of imidazole rings is 1. The van der Waals surface area contributed by atoms with Crippen molar-refractivity contribution >= 4 is 22.8 Å². The van der Waals surface area contributed by atoms with Crippen LogP contribution in [-0.4, -0.2) is 68.1 Å². The Morgan fingerprint density at radius 3 is 2.38 bits per heavy atom. The summed E-state index contributed by atoms with van der Waals surface area (Å²) < 4.78 is 17.0. The number of amides is 2. The summed E-state index contributed by atoms with van der Waals surface area (Å²) in [4.78, 5) is 34.8. The minimum atomic E-state index is -0.653. The van der Waals surface area contributed by atoms with Crippen molar-refractivity contribution in [1.82, 2.24) is 24.8 Å². The molecule has 8 nitrogen and oxygen atoms in total. The van der Waals surface area contributed by atoms with Crippen molar-refractivity contribution in [3.63, 3.8) is 0 Å². The fraction of sp³-hybridized carbons (Fsp3) is 0.417. The molecular weight excluding hydrogens is 569 g/mol. The van der Waals surface area contributed by atoms with Gasteiger partial charge >= 0.3 is 0 Å². The van der Waals surface area contributed by atoms with Crippen LogP contribution in [0, 0.1) is 12.7 Å². The van der Waals surface area contributed by atoms with Gasteiger partial charge in [0, 0.05) is 42.3 Å². The highest BCUT2D eigenvalue weighted by atomic mass is 19.1. The monoisotopic (exact) mass is 609 g/mol. The Labute approximate surface area is 262 Å². The summed E-state index contributed by atoms with van der Waals surface area (Å²) in [6.07, 6.45) is 7.02. The smallest absolute Gasteiger partial charge is 0.274 e. The minimum Gasteiger partial charge on any atom is -0.339 e. The lowest BCUT2D eigenvalue weighted by Crippen LogP contribution is -2.49. The zero-order chi connectivity index (χ0) is 31.1.